The SMILES string of the molecule is CCNC(Cc1cc(F)ccc1Br)C1(OCC)CCCC1. The molecule has 1 saturated carbocycles. The molecule has 1 fully saturated rings. The van der Waals surface area contributed by atoms with E-state index in [9.17, 15) is 4.39 Å². The van der Waals surface area contributed by atoms with E-state index in [-0.39, 0.29) is 17.5 Å². The van der Waals surface area contributed by atoms with Gasteiger partial charge < -0.3 is 10.1 Å². The molecule has 21 heavy (non-hydrogen) atoms. The minimum atomic E-state index is -0.180. The summed E-state index contributed by atoms with van der Waals surface area (Å²) in [6.07, 6.45) is 5.39. The van der Waals surface area contributed by atoms with Gasteiger partial charge in [0.1, 0.15) is 5.82 Å². The molecule has 2 rings (SSSR count). The molecule has 0 heterocycles. The van der Waals surface area contributed by atoms with Crippen LogP contribution in [0.2, 0.25) is 0 Å². The molecule has 0 bridgehead atoms. The zero-order valence-electron chi connectivity index (χ0n) is 12.9. The summed E-state index contributed by atoms with van der Waals surface area (Å²) in [6, 6.07) is 5.13. The lowest BCUT2D eigenvalue weighted by molar-refractivity contribution is -0.0610. The van der Waals surface area contributed by atoms with Gasteiger partial charge >= 0.3 is 0 Å². The lowest BCUT2D eigenvalue weighted by Gasteiger charge is -2.38. The average molecular weight is 358 g/mol. The van der Waals surface area contributed by atoms with E-state index in [4.69, 9.17) is 4.74 Å². The van der Waals surface area contributed by atoms with E-state index in [0.29, 0.717) is 0 Å². The van der Waals surface area contributed by atoms with Crippen molar-refractivity contribution in [2.75, 3.05) is 13.2 Å². The van der Waals surface area contributed by atoms with Gasteiger partial charge in [0, 0.05) is 17.1 Å². The van der Waals surface area contributed by atoms with Gasteiger partial charge in [-0.2, -0.15) is 0 Å². The number of halogens is 2. The maximum absolute atomic E-state index is 13.5. The molecule has 0 spiro atoms. The van der Waals surface area contributed by atoms with E-state index in [0.717, 1.165) is 42.5 Å². The van der Waals surface area contributed by atoms with E-state index in [1.165, 1.54) is 18.9 Å². The molecule has 4 heteroatoms. The molecular weight excluding hydrogens is 333 g/mol. The summed E-state index contributed by atoms with van der Waals surface area (Å²) >= 11 is 3.54. The molecule has 1 aliphatic carbocycles. The summed E-state index contributed by atoms with van der Waals surface area (Å²) in [6.45, 7) is 5.79. The van der Waals surface area contributed by atoms with Gasteiger partial charge in [-0.25, -0.2) is 4.39 Å². The monoisotopic (exact) mass is 357 g/mol. The molecule has 1 unspecified atom stereocenters. The largest absolute Gasteiger partial charge is 0.374 e. The Labute approximate surface area is 135 Å². The Kier molecular flexibility index (Phi) is 6.20. The van der Waals surface area contributed by atoms with Gasteiger partial charge in [-0.15, -0.1) is 0 Å². The highest BCUT2D eigenvalue weighted by Gasteiger charge is 2.41. The molecule has 0 amide bonds. The first-order valence-corrected chi connectivity index (χ1v) is 8.72. The fourth-order valence-electron chi connectivity index (χ4n) is 3.46. The molecule has 1 aromatic carbocycles. The molecule has 0 aromatic heterocycles. The average Bonchev–Trinajstić information content (AvgIpc) is 2.92. The summed E-state index contributed by atoms with van der Waals surface area (Å²) in [5.74, 6) is -0.180. The Hall–Kier alpha value is -0.450. The highest BCUT2D eigenvalue weighted by Crippen LogP contribution is 2.38. The van der Waals surface area contributed by atoms with Gasteiger partial charge in [-0.3, -0.25) is 0 Å². The van der Waals surface area contributed by atoms with Crippen LogP contribution in [0.4, 0.5) is 4.39 Å². The molecule has 1 aromatic rings. The summed E-state index contributed by atoms with van der Waals surface area (Å²) in [5, 5.41) is 3.58. The predicted molar refractivity (Wildman–Crippen MR) is 88.1 cm³/mol. The van der Waals surface area contributed by atoms with Gasteiger partial charge in [0.2, 0.25) is 0 Å². The van der Waals surface area contributed by atoms with Crippen LogP contribution in [-0.2, 0) is 11.2 Å². The van der Waals surface area contributed by atoms with Crippen molar-refractivity contribution in [3.05, 3.63) is 34.1 Å². The topological polar surface area (TPSA) is 21.3 Å². The molecule has 1 aliphatic rings. The van der Waals surface area contributed by atoms with Gasteiger partial charge in [-0.05, 0) is 56.5 Å². The summed E-state index contributed by atoms with van der Waals surface area (Å²) in [7, 11) is 0. The molecule has 2 nitrogen and oxygen atoms in total. The summed E-state index contributed by atoms with van der Waals surface area (Å²) in [5.41, 5.74) is 0.906. The second-order valence-corrected chi connectivity index (χ2v) is 6.61. The van der Waals surface area contributed by atoms with Crippen molar-refractivity contribution in [1.29, 1.82) is 0 Å². The Morgan fingerprint density at radius 3 is 2.67 bits per heavy atom. The van der Waals surface area contributed by atoms with Crippen LogP contribution in [0, 0.1) is 5.82 Å². The third-order valence-electron chi connectivity index (χ3n) is 4.40. The summed E-state index contributed by atoms with van der Waals surface area (Å²) in [4.78, 5) is 0. The third-order valence-corrected chi connectivity index (χ3v) is 5.17. The van der Waals surface area contributed by atoms with Gasteiger partial charge in [0.15, 0.2) is 0 Å². The van der Waals surface area contributed by atoms with Crippen LogP contribution >= 0.6 is 15.9 Å². The van der Waals surface area contributed by atoms with Crippen molar-refractivity contribution in [2.24, 2.45) is 0 Å². The van der Waals surface area contributed by atoms with Crippen LogP contribution in [0.3, 0.4) is 0 Å². The van der Waals surface area contributed by atoms with E-state index >= 15 is 0 Å². The number of likely N-dealkylation sites (N-methyl/N-ethyl adjacent to an activating group) is 1. The van der Waals surface area contributed by atoms with Crippen LogP contribution in [-0.4, -0.2) is 24.8 Å². The standard InChI is InChI=1S/C17H25BrFNO/c1-3-20-16(17(21-4-2)9-5-6-10-17)12-13-11-14(19)7-8-15(13)18/h7-8,11,16,20H,3-6,9-10,12H2,1-2H3. The number of benzene rings is 1. The van der Waals surface area contributed by atoms with E-state index < -0.39 is 0 Å². The number of hydrogen-bond acceptors (Lipinski definition) is 2. The Bertz CT molecular complexity index is 460. The fourth-order valence-corrected chi connectivity index (χ4v) is 3.87. The molecular formula is C17H25BrFNO. The molecule has 0 radical (unpaired) electrons. The number of rotatable bonds is 7. The van der Waals surface area contributed by atoms with Crippen LogP contribution in [0.1, 0.15) is 45.1 Å². The molecule has 1 atom stereocenters. The lowest BCUT2D eigenvalue weighted by Crippen LogP contribution is -2.52. The third kappa shape index (κ3) is 4.05. The zero-order chi connectivity index (χ0) is 15.3. The zero-order valence-corrected chi connectivity index (χ0v) is 14.5. The second kappa shape index (κ2) is 7.70. The van der Waals surface area contributed by atoms with Crippen molar-refractivity contribution in [3.8, 4) is 0 Å². The summed E-state index contributed by atoms with van der Waals surface area (Å²) < 4.78 is 20.7. The van der Waals surface area contributed by atoms with Gasteiger partial charge in [0.25, 0.3) is 0 Å². The Morgan fingerprint density at radius 1 is 1.33 bits per heavy atom. The van der Waals surface area contributed by atoms with Gasteiger partial charge in [-0.1, -0.05) is 35.7 Å². The van der Waals surface area contributed by atoms with Crippen molar-refractivity contribution in [1.82, 2.24) is 5.32 Å². The van der Waals surface area contributed by atoms with Crippen molar-refractivity contribution >= 4 is 15.9 Å². The van der Waals surface area contributed by atoms with Crippen molar-refractivity contribution in [2.45, 2.75) is 57.6 Å². The first-order valence-electron chi connectivity index (χ1n) is 7.92. The number of hydrogen-bond donors (Lipinski definition) is 1. The highest BCUT2D eigenvalue weighted by atomic mass is 79.9. The van der Waals surface area contributed by atoms with Crippen LogP contribution in [0.5, 0.6) is 0 Å². The molecule has 1 N–H and O–H groups in total. The van der Waals surface area contributed by atoms with Gasteiger partial charge in [0.05, 0.1) is 5.60 Å². The van der Waals surface area contributed by atoms with Crippen LogP contribution in [0.25, 0.3) is 0 Å². The van der Waals surface area contributed by atoms with E-state index in [2.05, 4.69) is 35.1 Å². The highest BCUT2D eigenvalue weighted by molar-refractivity contribution is 9.10. The molecule has 0 aliphatic heterocycles. The minimum Gasteiger partial charge on any atom is -0.374 e. The Balaban J connectivity index is 2.23. The Morgan fingerprint density at radius 2 is 2.05 bits per heavy atom. The minimum absolute atomic E-state index is 0.101. The molecule has 118 valence electrons. The van der Waals surface area contributed by atoms with Crippen LogP contribution < -0.4 is 5.32 Å². The van der Waals surface area contributed by atoms with Crippen molar-refractivity contribution in [3.63, 3.8) is 0 Å². The quantitative estimate of drug-likeness (QED) is 0.777. The van der Waals surface area contributed by atoms with Crippen molar-refractivity contribution < 1.29 is 9.13 Å². The number of nitrogens with one attached hydrogen (secondary N) is 1. The maximum atomic E-state index is 13.5. The van der Waals surface area contributed by atoms with Crippen LogP contribution in [0.15, 0.2) is 22.7 Å². The lowest BCUT2D eigenvalue weighted by atomic mass is 9.87. The van der Waals surface area contributed by atoms with E-state index in [1.54, 1.807) is 12.1 Å². The number of ether oxygens (including phenoxy) is 1. The second-order valence-electron chi connectivity index (χ2n) is 5.76. The fraction of sp³-hybridized carbons (Fsp3) is 0.647. The maximum Gasteiger partial charge on any atom is 0.123 e. The first kappa shape index (κ1) is 16.9. The predicted octanol–water partition coefficient (Wildman–Crippen LogP) is 4.46. The normalized spacial score (nSPS) is 18.9. The first-order chi connectivity index (χ1) is 10.1. The van der Waals surface area contributed by atoms with E-state index in [1.807, 2.05) is 0 Å². The smallest absolute Gasteiger partial charge is 0.123 e. The molecule has 0 saturated heterocycles.